The van der Waals surface area contributed by atoms with E-state index in [1.165, 1.54) is 5.56 Å². The fourth-order valence-corrected chi connectivity index (χ4v) is 5.39. The molecule has 0 N–H and O–H groups in total. The molecule has 6 aromatic rings. The summed E-state index contributed by atoms with van der Waals surface area (Å²) in [6.07, 6.45) is 5.83. The van der Waals surface area contributed by atoms with Crippen LogP contribution in [0.1, 0.15) is 39.5 Å². The van der Waals surface area contributed by atoms with Crippen molar-refractivity contribution in [3.8, 4) is 23.0 Å². The summed E-state index contributed by atoms with van der Waals surface area (Å²) in [4.78, 5) is 0. The third-order valence-electron chi connectivity index (χ3n) is 6.98. The lowest BCUT2D eigenvalue weighted by molar-refractivity contribution is 0.554. The molecule has 1 atom stereocenters. The number of hydrogen-bond donors (Lipinski definition) is 0. The van der Waals surface area contributed by atoms with Crippen molar-refractivity contribution in [2.24, 2.45) is 0 Å². The minimum Gasteiger partial charge on any atom is -0.464 e. The van der Waals surface area contributed by atoms with Crippen LogP contribution < -0.4 is 0 Å². The summed E-state index contributed by atoms with van der Waals surface area (Å²) in [5.41, 5.74) is 9.59. The monoisotopic (exact) mass is 474 g/mol. The Morgan fingerprint density at radius 3 is 2.05 bits per heavy atom. The third-order valence-corrected chi connectivity index (χ3v) is 6.98. The largest absolute Gasteiger partial charge is 0.464 e. The van der Waals surface area contributed by atoms with Crippen LogP contribution >= 0.6 is 0 Å². The maximum atomic E-state index is 6.19. The quantitative estimate of drug-likeness (QED) is 0.240. The van der Waals surface area contributed by atoms with Gasteiger partial charge < -0.3 is 8.83 Å². The molecule has 0 fully saturated rings. The highest BCUT2D eigenvalue weighted by molar-refractivity contribution is 6.08. The van der Waals surface area contributed by atoms with Gasteiger partial charge in [-0.2, -0.15) is 0 Å². The average Bonchev–Trinajstić information content (AvgIpc) is 3.73. The Morgan fingerprint density at radius 1 is 0.595 bits per heavy atom. The van der Waals surface area contributed by atoms with Crippen LogP contribution in [0.3, 0.4) is 0 Å². The molecule has 0 saturated carbocycles. The fourth-order valence-electron chi connectivity index (χ4n) is 5.39. The third kappa shape index (κ3) is 3.61. The van der Waals surface area contributed by atoms with Gasteiger partial charge in [0.25, 0.3) is 0 Å². The van der Waals surface area contributed by atoms with Crippen LogP contribution in [0.15, 0.2) is 137 Å². The predicted molar refractivity (Wildman–Crippen MR) is 148 cm³/mol. The number of rotatable bonds is 3. The first kappa shape index (κ1) is 21.3. The van der Waals surface area contributed by atoms with Crippen molar-refractivity contribution in [2.45, 2.75) is 5.92 Å². The van der Waals surface area contributed by atoms with E-state index in [-0.39, 0.29) is 5.92 Å². The average molecular weight is 475 g/mol. The molecule has 2 nitrogen and oxygen atoms in total. The topological polar surface area (TPSA) is 26.3 Å². The smallest absolute Gasteiger partial charge is 0.150 e. The van der Waals surface area contributed by atoms with Crippen LogP contribution in [-0.4, -0.2) is 0 Å². The van der Waals surface area contributed by atoms with Crippen molar-refractivity contribution >= 4 is 16.5 Å². The Balaban J connectivity index is 1.61. The molecule has 0 spiro atoms. The summed E-state index contributed by atoms with van der Waals surface area (Å²) >= 11 is 0. The Labute approximate surface area is 215 Å². The molecule has 37 heavy (non-hydrogen) atoms. The predicted octanol–water partition coefficient (Wildman–Crippen LogP) is 8.67. The number of fused-ring (bicyclic) bond motifs is 2. The van der Waals surface area contributed by atoms with Gasteiger partial charge >= 0.3 is 0 Å². The lowest BCUT2D eigenvalue weighted by Gasteiger charge is -2.18. The van der Waals surface area contributed by atoms with E-state index in [9.17, 15) is 0 Å². The van der Waals surface area contributed by atoms with Gasteiger partial charge in [0, 0.05) is 28.0 Å². The molecule has 0 amide bonds. The van der Waals surface area contributed by atoms with Crippen molar-refractivity contribution < 1.29 is 8.83 Å². The molecule has 1 aliphatic rings. The molecule has 2 aromatic heterocycles. The molecule has 2 heterocycles. The zero-order chi connectivity index (χ0) is 24.6. The normalized spacial score (nSPS) is 14.2. The van der Waals surface area contributed by atoms with Gasteiger partial charge in [-0.3, -0.25) is 0 Å². The second-order valence-electron chi connectivity index (χ2n) is 9.13. The van der Waals surface area contributed by atoms with Crippen LogP contribution in [0.5, 0.6) is 0 Å². The SMILES string of the molecule is C(#Cc1c2c(c(-c3ccccc3)c3ccoc13)C(c1ccco1)=CC2c1ccccc1)c1ccccc1. The van der Waals surface area contributed by atoms with Crippen LogP contribution in [-0.2, 0) is 0 Å². The van der Waals surface area contributed by atoms with Crippen molar-refractivity contribution in [1.82, 2.24) is 0 Å². The molecule has 0 saturated heterocycles. The fraction of sp³-hybridized carbons (Fsp3) is 0.0286. The van der Waals surface area contributed by atoms with Crippen molar-refractivity contribution in [1.29, 1.82) is 0 Å². The Bertz CT molecular complexity index is 1790. The number of allylic oxidation sites excluding steroid dienone is 1. The molecule has 0 aliphatic heterocycles. The zero-order valence-electron chi connectivity index (χ0n) is 20.0. The zero-order valence-corrected chi connectivity index (χ0v) is 20.0. The van der Waals surface area contributed by atoms with Gasteiger partial charge in [0.05, 0.1) is 18.1 Å². The van der Waals surface area contributed by atoms with Gasteiger partial charge in [-0.05, 0) is 52.6 Å². The van der Waals surface area contributed by atoms with Crippen LogP contribution in [0.4, 0.5) is 0 Å². The Morgan fingerprint density at radius 2 is 1.32 bits per heavy atom. The highest BCUT2D eigenvalue weighted by Gasteiger charge is 2.34. The van der Waals surface area contributed by atoms with E-state index < -0.39 is 0 Å². The summed E-state index contributed by atoms with van der Waals surface area (Å²) < 4.78 is 12.2. The van der Waals surface area contributed by atoms with E-state index in [0.717, 1.165) is 55.7 Å². The number of furan rings is 2. The Kier molecular flexibility index (Phi) is 5.12. The Hall–Kier alpha value is -5.00. The molecule has 1 unspecified atom stereocenters. The van der Waals surface area contributed by atoms with Crippen LogP contribution in [0.25, 0.3) is 27.7 Å². The first-order valence-corrected chi connectivity index (χ1v) is 12.4. The standard InChI is InChI=1S/C35H22O2/c1-4-11-24(12-5-1)18-19-27-33-29(25-13-6-2-7-14-25)23-30(31-17-10-21-36-31)34(33)32(26-15-8-3-9-16-26)28-20-22-37-35(27)28/h1-17,20-23,29H. The minimum absolute atomic E-state index is 0.00772. The highest BCUT2D eigenvalue weighted by atomic mass is 16.3. The van der Waals surface area contributed by atoms with Gasteiger partial charge in [-0.25, -0.2) is 0 Å². The molecule has 0 radical (unpaired) electrons. The highest BCUT2D eigenvalue weighted by Crippen LogP contribution is 2.51. The molecular formula is C35H22O2. The number of benzene rings is 4. The maximum absolute atomic E-state index is 6.19. The van der Waals surface area contributed by atoms with Crippen LogP contribution in [0.2, 0.25) is 0 Å². The second-order valence-corrected chi connectivity index (χ2v) is 9.13. The second kappa shape index (κ2) is 8.90. The van der Waals surface area contributed by atoms with Crippen molar-refractivity contribution in [3.05, 3.63) is 161 Å². The van der Waals surface area contributed by atoms with Crippen molar-refractivity contribution in [2.75, 3.05) is 0 Å². The van der Waals surface area contributed by atoms with Gasteiger partial charge in [0.2, 0.25) is 0 Å². The van der Waals surface area contributed by atoms with Gasteiger partial charge in [-0.15, -0.1) is 0 Å². The molecule has 174 valence electrons. The van der Waals surface area contributed by atoms with Crippen LogP contribution in [0, 0.1) is 11.8 Å². The van der Waals surface area contributed by atoms with E-state index in [1.807, 2.05) is 48.5 Å². The first-order valence-electron chi connectivity index (χ1n) is 12.4. The van der Waals surface area contributed by atoms with Gasteiger partial charge in [-0.1, -0.05) is 96.8 Å². The summed E-state index contributed by atoms with van der Waals surface area (Å²) in [6.45, 7) is 0. The summed E-state index contributed by atoms with van der Waals surface area (Å²) in [6, 6.07) is 37.3. The first-order chi connectivity index (χ1) is 18.4. The number of hydrogen-bond acceptors (Lipinski definition) is 2. The lowest BCUT2D eigenvalue weighted by atomic mass is 9.83. The summed E-state index contributed by atoms with van der Waals surface area (Å²) in [5, 5.41) is 1.05. The summed E-state index contributed by atoms with van der Waals surface area (Å²) in [5.74, 6) is 7.78. The molecule has 2 heteroatoms. The van der Waals surface area contributed by atoms with E-state index in [2.05, 4.69) is 78.6 Å². The van der Waals surface area contributed by atoms with E-state index in [4.69, 9.17) is 8.83 Å². The maximum Gasteiger partial charge on any atom is 0.150 e. The molecular weight excluding hydrogens is 452 g/mol. The molecule has 0 bridgehead atoms. The molecule has 1 aliphatic carbocycles. The van der Waals surface area contributed by atoms with Crippen molar-refractivity contribution in [3.63, 3.8) is 0 Å². The van der Waals surface area contributed by atoms with E-state index in [0.29, 0.717) is 0 Å². The van der Waals surface area contributed by atoms with E-state index in [1.54, 1.807) is 12.5 Å². The molecule has 4 aromatic carbocycles. The lowest BCUT2D eigenvalue weighted by Crippen LogP contribution is -2.02. The minimum atomic E-state index is 0.00772. The van der Waals surface area contributed by atoms with E-state index >= 15 is 0 Å². The summed E-state index contributed by atoms with van der Waals surface area (Å²) in [7, 11) is 0. The van der Waals surface area contributed by atoms with Gasteiger partial charge in [0.1, 0.15) is 11.3 Å². The van der Waals surface area contributed by atoms with Gasteiger partial charge in [0.15, 0.2) is 0 Å². The molecule has 7 rings (SSSR count).